The summed E-state index contributed by atoms with van der Waals surface area (Å²) in [6, 6.07) is 9.55. The van der Waals surface area contributed by atoms with Crippen LogP contribution in [-0.2, 0) is 13.0 Å². The number of nitrogens with one attached hydrogen (secondary N) is 2. The Morgan fingerprint density at radius 1 is 1.25 bits per heavy atom. The van der Waals surface area contributed by atoms with Crippen LogP contribution in [0.5, 0.6) is 0 Å². The van der Waals surface area contributed by atoms with Crippen LogP contribution >= 0.6 is 0 Å². The molecule has 0 atom stereocenters. The Balaban J connectivity index is 2.08. The lowest BCUT2D eigenvalue weighted by molar-refractivity contribution is 0.102. The predicted molar refractivity (Wildman–Crippen MR) is 79.9 cm³/mol. The largest absolute Gasteiger partial charge is 0.469 e. The third-order valence-corrected chi connectivity index (χ3v) is 3.08. The van der Waals surface area contributed by atoms with Crippen molar-refractivity contribution in [2.75, 3.05) is 11.9 Å². The number of amides is 1. The van der Waals surface area contributed by atoms with E-state index in [1.807, 2.05) is 31.2 Å². The second kappa shape index (κ2) is 6.91. The summed E-state index contributed by atoms with van der Waals surface area (Å²) < 4.78 is 5.28. The monoisotopic (exact) mass is 272 g/mol. The Morgan fingerprint density at radius 2 is 2.10 bits per heavy atom. The third-order valence-electron chi connectivity index (χ3n) is 3.08. The fraction of sp³-hybridized carbons (Fsp3) is 0.312. The van der Waals surface area contributed by atoms with Gasteiger partial charge in [-0.05, 0) is 30.3 Å². The number of carbonyl (C=O) groups excluding carboxylic acids is 1. The summed E-state index contributed by atoms with van der Waals surface area (Å²) in [5, 5.41) is 6.17. The molecule has 0 radical (unpaired) electrons. The zero-order valence-electron chi connectivity index (χ0n) is 11.9. The van der Waals surface area contributed by atoms with Crippen LogP contribution in [0, 0.1) is 0 Å². The second-order valence-corrected chi connectivity index (χ2v) is 4.55. The SMILES string of the molecule is CCNCc1cccc(NC(=O)c2ccoc2CC)c1. The van der Waals surface area contributed by atoms with Crippen molar-refractivity contribution in [2.45, 2.75) is 26.8 Å². The van der Waals surface area contributed by atoms with Crippen molar-refractivity contribution in [1.82, 2.24) is 5.32 Å². The molecule has 4 heteroatoms. The first-order valence-electron chi connectivity index (χ1n) is 6.92. The van der Waals surface area contributed by atoms with Crippen LogP contribution in [0.3, 0.4) is 0 Å². The van der Waals surface area contributed by atoms with Crippen LogP contribution in [0.25, 0.3) is 0 Å². The first-order valence-corrected chi connectivity index (χ1v) is 6.92. The summed E-state index contributed by atoms with van der Waals surface area (Å²) in [4.78, 5) is 12.2. The van der Waals surface area contributed by atoms with Crippen molar-refractivity contribution in [3.05, 3.63) is 53.5 Å². The molecule has 0 unspecified atom stereocenters. The average molecular weight is 272 g/mol. The molecule has 106 valence electrons. The molecule has 20 heavy (non-hydrogen) atoms. The van der Waals surface area contributed by atoms with Gasteiger partial charge >= 0.3 is 0 Å². The van der Waals surface area contributed by atoms with E-state index in [0.717, 1.165) is 24.3 Å². The van der Waals surface area contributed by atoms with Crippen molar-refractivity contribution in [3.63, 3.8) is 0 Å². The van der Waals surface area contributed by atoms with Gasteiger partial charge in [0.05, 0.1) is 11.8 Å². The fourth-order valence-corrected chi connectivity index (χ4v) is 2.04. The van der Waals surface area contributed by atoms with E-state index in [4.69, 9.17) is 4.42 Å². The smallest absolute Gasteiger partial charge is 0.259 e. The standard InChI is InChI=1S/C16H20N2O2/c1-3-15-14(8-9-20-15)16(19)18-13-7-5-6-12(10-13)11-17-4-2/h5-10,17H,3-4,11H2,1-2H3,(H,18,19). The summed E-state index contributed by atoms with van der Waals surface area (Å²) >= 11 is 0. The molecule has 0 saturated heterocycles. The first-order chi connectivity index (χ1) is 9.74. The van der Waals surface area contributed by atoms with Gasteiger partial charge in [-0.3, -0.25) is 4.79 Å². The van der Waals surface area contributed by atoms with Crippen LogP contribution < -0.4 is 10.6 Å². The van der Waals surface area contributed by atoms with E-state index in [0.29, 0.717) is 17.7 Å². The zero-order chi connectivity index (χ0) is 14.4. The van der Waals surface area contributed by atoms with Crippen LogP contribution in [0.2, 0.25) is 0 Å². The fourth-order valence-electron chi connectivity index (χ4n) is 2.04. The molecule has 2 N–H and O–H groups in total. The molecule has 1 aromatic carbocycles. The molecule has 4 nitrogen and oxygen atoms in total. The van der Waals surface area contributed by atoms with Gasteiger partial charge < -0.3 is 15.1 Å². The molecule has 2 rings (SSSR count). The minimum Gasteiger partial charge on any atom is -0.469 e. The van der Waals surface area contributed by atoms with Crippen molar-refractivity contribution in [2.24, 2.45) is 0 Å². The predicted octanol–water partition coefficient (Wildman–Crippen LogP) is 3.20. The highest BCUT2D eigenvalue weighted by atomic mass is 16.3. The molecule has 0 saturated carbocycles. The maximum Gasteiger partial charge on any atom is 0.259 e. The van der Waals surface area contributed by atoms with E-state index in [9.17, 15) is 4.79 Å². The number of hydrogen-bond acceptors (Lipinski definition) is 3. The zero-order valence-corrected chi connectivity index (χ0v) is 11.9. The van der Waals surface area contributed by atoms with Crippen LogP contribution in [0.1, 0.15) is 35.5 Å². The van der Waals surface area contributed by atoms with Crippen molar-refractivity contribution >= 4 is 11.6 Å². The maximum atomic E-state index is 12.2. The van der Waals surface area contributed by atoms with Gasteiger partial charge in [0, 0.05) is 18.7 Å². The molecule has 2 aromatic rings. The molecule has 0 bridgehead atoms. The molecule has 0 aliphatic heterocycles. The van der Waals surface area contributed by atoms with E-state index in [-0.39, 0.29) is 5.91 Å². The second-order valence-electron chi connectivity index (χ2n) is 4.55. The van der Waals surface area contributed by atoms with E-state index >= 15 is 0 Å². The minimum absolute atomic E-state index is 0.129. The Kier molecular flexibility index (Phi) is 4.96. The summed E-state index contributed by atoms with van der Waals surface area (Å²) in [5.74, 6) is 0.586. The highest BCUT2D eigenvalue weighted by Crippen LogP contribution is 2.16. The lowest BCUT2D eigenvalue weighted by Gasteiger charge is -2.07. The van der Waals surface area contributed by atoms with Crippen molar-refractivity contribution in [1.29, 1.82) is 0 Å². The highest BCUT2D eigenvalue weighted by molar-refractivity contribution is 6.04. The Bertz CT molecular complexity index is 575. The van der Waals surface area contributed by atoms with Gasteiger partial charge in [0.15, 0.2) is 0 Å². The Labute approximate surface area is 119 Å². The van der Waals surface area contributed by atoms with E-state index < -0.39 is 0 Å². The number of furan rings is 1. The lowest BCUT2D eigenvalue weighted by atomic mass is 10.1. The van der Waals surface area contributed by atoms with E-state index in [2.05, 4.69) is 17.6 Å². The number of anilines is 1. The maximum absolute atomic E-state index is 12.2. The minimum atomic E-state index is -0.129. The van der Waals surface area contributed by atoms with Crippen LogP contribution in [-0.4, -0.2) is 12.5 Å². The number of rotatable bonds is 6. The lowest BCUT2D eigenvalue weighted by Crippen LogP contribution is -2.14. The van der Waals surface area contributed by atoms with Crippen molar-refractivity contribution < 1.29 is 9.21 Å². The van der Waals surface area contributed by atoms with Gasteiger partial charge in [-0.15, -0.1) is 0 Å². The number of hydrogen-bond donors (Lipinski definition) is 2. The summed E-state index contributed by atoms with van der Waals surface area (Å²) in [5.41, 5.74) is 2.55. The van der Waals surface area contributed by atoms with Gasteiger partial charge in [-0.1, -0.05) is 26.0 Å². The molecule has 0 aliphatic carbocycles. The average Bonchev–Trinajstić information content (AvgIpc) is 2.94. The Morgan fingerprint density at radius 3 is 2.85 bits per heavy atom. The van der Waals surface area contributed by atoms with Gasteiger partial charge in [0.25, 0.3) is 5.91 Å². The molecule has 0 spiro atoms. The topological polar surface area (TPSA) is 54.3 Å². The van der Waals surface area contributed by atoms with Crippen molar-refractivity contribution in [3.8, 4) is 0 Å². The Hall–Kier alpha value is -2.07. The third kappa shape index (κ3) is 3.48. The highest BCUT2D eigenvalue weighted by Gasteiger charge is 2.13. The molecule has 0 fully saturated rings. The van der Waals surface area contributed by atoms with E-state index in [1.54, 1.807) is 12.3 Å². The number of carbonyl (C=O) groups is 1. The molecule has 1 heterocycles. The first kappa shape index (κ1) is 14.3. The quantitative estimate of drug-likeness (QED) is 0.849. The molecule has 1 aromatic heterocycles. The molecular formula is C16H20N2O2. The summed E-state index contributed by atoms with van der Waals surface area (Å²) in [6.07, 6.45) is 2.26. The molecule has 1 amide bonds. The summed E-state index contributed by atoms with van der Waals surface area (Å²) in [7, 11) is 0. The van der Waals surface area contributed by atoms with Crippen LogP contribution in [0.4, 0.5) is 5.69 Å². The molecular weight excluding hydrogens is 252 g/mol. The summed E-state index contributed by atoms with van der Waals surface area (Å²) in [6.45, 7) is 5.75. The van der Waals surface area contributed by atoms with Gasteiger partial charge in [-0.25, -0.2) is 0 Å². The normalized spacial score (nSPS) is 10.5. The molecule has 0 aliphatic rings. The van der Waals surface area contributed by atoms with Gasteiger partial charge in [0.2, 0.25) is 0 Å². The van der Waals surface area contributed by atoms with Crippen LogP contribution in [0.15, 0.2) is 41.0 Å². The van der Waals surface area contributed by atoms with Gasteiger partial charge in [-0.2, -0.15) is 0 Å². The van der Waals surface area contributed by atoms with Gasteiger partial charge in [0.1, 0.15) is 5.76 Å². The number of benzene rings is 1. The van der Waals surface area contributed by atoms with E-state index in [1.165, 1.54) is 0 Å². The number of aryl methyl sites for hydroxylation is 1.